The van der Waals surface area contributed by atoms with Gasteiger partial charge in [-0.2, -0.15) is 0 Å². The van der Waals surface area contributed by atoms with Gasteiger partial charge in [-0.1, -0.05) is 109 Å². The van der Waals surface area contributed by atoms with Gasteiger partial charge in [-0.05, 0) is 48.1 Å². The van der Waals surface area contributed by atoms with E-state index in [2.05, 4.69) is 41.3 Å². The van der Waals surface area contributed by atoms with Gasteiger partial charge in [0, 0.05) is 12.6 Å². The van der Waals surface area contributed by atoms with Crippen molar-refractivity contribution in [1.29, 1.82) is 0 Å². The maximum atomic E-state index is 13.4. The molecule has 0 amide bonds. The molecule has 1 heterocycles. The number of aryl methyl sites for hydroxylation is 1. The Morgan fingerprint density at radius 1 is 0.784 bits per heavy atom. The van der Waals surface area contributed by atoms with Crippen molar-refractivity contribution in [2.45, 2.75) is 42.3 Å². The van der Waals surface area contributed by atoms with Crippen LogP contribution in [0.5, 0.6) is 0 Å². The summed E-state index contributed by atoms with van der Waals surface area (Å²) in [6.45, 7) is 2.54. The highest BCUT2D eigenvalue weighted by Gasteiger charge is 2.49. The Balaban J connectivity index is 1.63. The van der Waals surface area contributed by atoms with Crippen LogP contribution in [0.4, 0.5) is 0 Å². The third kappa shape index (κ3) is 4.75. The topological polar surface area (TPSA) is 57.6 Å². The first-order chi connectivity index (χ1) is 17.9. The lowest BCUT2D eigenvalue weighted by Gasteiger charge is -2.47. The highest BCUT2D eigenvalue weighted by atomic mass is 32.2. The van der Waals surface area contributed by atoms with Crippen LogP contribution < -0.4 is 0 Å². The second kappa shape index (κ2) is 10.6. The van der Waals surface area contributed by atoms with Crippen molar-refractivity contribution in [3.05, 3.63) is 138 Å². The number of likely N-dealkylation sites (tertiary alicyclic amines) is 1. The second-order valence-corrected chi connectivity index (χ2v) is 11.8. The molecule has 1 saturated heterocycles. The molecule has 4 nitrogen and oxygen atoms in total. The van der Waals surface area contributed by atoms with Crippen molar-refractivity contribution >= 4 is 9.84 Å². The summed E-state index contributed by atoms with van der Waals surface area (Å²) in [5.41, 5.74) is 3.29. The lowest BCUT2D eigenvalue weighted by atomic mass is 9.75. The molecule has 0 radical (unpaired) electrons. The summed E-state index contributed by atoms with van der Waals surface area (Å²) in [5, 5.41) is 11.6. The third-order valence-corrected chi connectivity index (χ3v) is 9.48. The van der Waals surface area contributed by atoms with E-state index in [1.54, 1.807) is 25.1 Å². The Bertz CT molecular complexity index is 1330. The minimum Gasteiger partial charge on any atom is -0.390 e. The standard InChI is InChI=1S/C32H33NO3S/c1-25-14-11-12-22-31(25)37(35,36)24-30(34)29-21-13-23-33(29)32(26-15-5-2-6-16-26,27-17-7-3-8-18-27)28-19-9-4-10-20-28/h2-12,14-20,22,29-30,34H,13,21,23-24H2,1H3/t29-,30?/m0/s1. The Kier molecular flexibility index (Phi) is 7.29. The Morgan fingerprint density at radius 3 is 1.73 bits per heavy atom. The van der Waals surface area contributed by atoms with E-state index in [-0.39, 0.29) is 11.8 Å². The van der Waals surface area contributed by atoms with Crippen LogP contribution in [0.25, 0.3) is 0 Å². The largest absolute Gasteiger partial charge is 0.390 e. The molecule has 2 atom stereocenters. The van der Waals surface area contributed by atoms with Gasteiger partial charge in [0.25, 0.3) is 0 Å². The van der Waals surface area contributed by atoms with Crippen LogP contribution in [-0.2, 0) is 15.4 Å². The molecule has 0 bridgehead atoms. The summed E-state index contributed by atoms with van der Waals surface area (Å²) in [7, 11) is -3.67. The van der Waals surface area contributed by atoms with Crippen LogP contribution in [0, 0.1) is 6.92 Å². The Morgan fingerprint density at radius 2 is 1.24 bits per heavy atom. The van der Waals surface area contributed by atoms with E-state index in [0.717, 1.165) is 36.1 Å². The molecule has 1 N–H and O–H groups in total. The van der Waals surface area contributed by atoms with Gasteiger partial charge in [-0.3, -0.25) is 4.90 Å². The smallest absolute Gasteiger partial charge is 0.181 e. The molecule has 1 aliphatic heterocycles. The lowest BCUT2D eigenvalue weighted by molar-refractivity contribution is 0.0451. The van der Waals surface area contributed by atoms with E-state index < -0.39 is 21.5 Å². The maximum Gasteiger partial charge on any atom is 0.181 e. The molecule has 4 aromatic rings. The first kappa shape index (κ1) is 25.4. The average molecular weight is 512 g/mol. The molecule has 0 aromatic heterocycles. The molecule has 1 fully saturated rings. The molecule has 190 valence electrons. The van der Waals surface area contributed by atoms with Gasteiger partial charge in [0.05, 0.1) is 22.3 Å². The summed E-state index contributed by atoms with van der Waals surface area (Å²) in [6.07, 6.45) is 0.557. The Hall–Kier alpha value is -3.25. The number of aliphatic hydroxyl groups excluding tert-OH is 1. The average Bonchev–Trinajstić information content (AvgIpc) is 3.41. The molecule has 37 heavy (non-hydrogen) atoms. The number of rotatable bonds is 8. The van der Waals surface area contributed by atoms with Crippen LogP contribution in [0.2, 0.25) is 0 Å². The molecular formula is C32H33NO3S. The second-order valence-electron chi connectivity index (χ2n) is 9.83. The SMILES string of the molecule is Cc1ccccc1S(=O)(=O)CC(O)[C@@H]1CCCN1C(c1ccccc1)(c1ccccc1)c1ccccc1. The van der Waals surface area contributed by atoms with E-state index in [0.29, 0.717) is 10.5 Å². The van der Waals surface area contributed by atoms with Gasteiger partial charge in [-0.15, -0.1) is 0 Å². The summed E-state index contributed by atoms with van der Waals surface area (Å²) in [5.74, 6) is -0.312. The van der Waals surface area contributed by atoms with Crippen LogP contribution in [0.3, 0.4) is 0 Å². The fourth-order valence-corrected chi connectivity index (χ4v) is 7.67. The van der Waals surface area contributed by atoms with Crippen LogP contribution >= 0.6 is 0 Å². The molecule has 5 rings (SSSR count). The number of hydrogen-bond acceptors (Lipinski definition) is 4. The summed E-state index contributed by atoms with van der Waals surface area (Å²) < 4.78 is 26.8. The molecule has 1 unspecified atom stereocenters. The molecule has 4 aromatic carbocycles. The zero-order valence-electron chi connectivity index (χ0n) is 21.1. The van der Waals surface area contributed by atoms with Gasteiger partial charge < -0.3 is 5.11 Å². The molecule has 0 aliphatic carbocycles. The van der Waals surface area contributed by atoms with E-state index in [1.165, 1.54) is 0 Å². The summed E-state index contributed by atoms with van der Waals surface area (Å²) >= 11 is 0. The number of nitrogens with zero attached hydrogens (tertiary/aromatic N) is 1. The van der Waals surface area contributed by atoms with Gasteiger partial charge in [0.1, 0.15) is 0 Å². The number of sulfone groups is 1. The monoisotopic (exact) mass is 511 g/mol. The predicted molar refractivity (Wildman–Crippen MR) is 148 cm³/mol. The van der Waals surface area contributed by atoms with E-state index in [1.807, 2.05) is 60.7 Å². The minimum absolute atomic E-state index is 0.291. The van der Waals surface area contributed by atoms with Gasteiger partial charge in [0.15, 0.2) is 9.84 Å². The number of benzene rings is 4. The lowest BCUT2D eigenvalue weighted by Crippen LogP contribution is -2.54. The van der Waals surface area contributed by atoms with Crippen molar-refractivity contribution in [3.8, 4) is 0 Å². The molecular weight excluding hydrogens is 478 g/mol. The van der Waals surface area contributed by atoms with Gasteiger partial charge in [-0.25, -0.2) is 8.42 Å². The quantitative estimate of drug-likeness (QED) is 0.314. The molecule has 0 spiro atoms. The van der Waals surface area contributed by atoms with Crippen molar-refractivity contribution in [2.24, 2.45) is 0 Å². The van der Waals surface area contributed by atoms with Gasteiger partial charge >= 0.3 is 0 Å². The van der Waals surface area contributed by atoms with Crippen molar-refractivity contribution in [2.75, 3.05) is 12.3 Å². The summed E-state index contributed by atoms with van der Waals surface area (Å²) in [4.78, 5) is 2.63. The van der Waals surface area contributed by atoms with E-state index >= 15 is 0 Å². The fourth-order valence-electron chi connectivity index (χ4n) is 5.98. The van der Waals surface area contributed by atoms with Crippen molar-refractivity contribution in [1.82, 2.24) is 4.90 Å². The Labute approximate surface area is 220 Å². The maximum absolute atomic E-state index is 13.4. The first-order valence-corrected chi connectivity index (χ1v) is 14.5. The normalized spacial score (nSPS) is 17.5. The van der Waals surface area contributed by atoms with Crippen molar-refractivity contribution < 1.29 is 13.5 Å². The van der Waals surface area contributed by atoms with Crippen LogP contribution in [0.1, 0.15) is 35.1 Å². The summed E-state index contributed by atoms with van der Waals surface area (Å²) in [6, 6.07) is 37.7. The van der Waals surface area contributed by atoms with E-state index in [4.69, 9.17) is 0 Å². The minimum atomic E-state index is -3.67. The molecule has 1 aliphatic rings. The van der Waals surface area contributed by atoms with Crippen LogP contribution in [-0.4, -0.2) is 42.9 Å². The fraction of sp³-hybridized carbons (Fsp3) is 0.250. The van der Waals surface area contributed by atoms with E-state index in [9.17, 15) is 13.5 Å². The molecule has 0 saturated carbocycles. The highest BCUT2D eigenvalue weighted by molar-refractivity contribution is 7.91. The highest BCUT2D eigenvalue weighted by Crippen LogP contribution is 2.46. The van der Waals surface area contributed by atoms with Gasteiger partial charge in [0.2, 0.25) is 0 Å². The number of hydrogen-bond donors (Lipinski definition) is 1. The zero-order chi connectivity index (χ0) is 25.9. The van der Waals surface area contributed by atoms with Crippen molar-refractivity contribution in [3.63, 3.8) is 0 Å². The predicted octanol–water partition coefficient (Wildman–Crippen LogP) is 5.59. The number of aliphatic hydroxyl groups is 1. The van der Waals surface area contributed by atoms with Crippen LogP contribution in [0.15, 0.2) is 120 Å². The first-order valence-electron chi connectivity index (χ1n) is 12.8. The zero-order valence-corrected chi connectivity index (χ0v) is 21.9. The third-order valence-electron chi connectivity index (χ3n) is 7.57. The molecule has 5 heteroatoms.